The number of benzene rings is 1. The summed E-state index contributed by atoms with van der Waals surface area (Å²) >= 11 is 3.18. The van der Waals surface area contributed by atoms with Gasteiger partial charge in [-0.1, -0.05) is 18.6 Å². The summed E-state index contributed by atoms with van der Waals surface area (Å²) in [5.74, 6) is 1.86. The monoisotopic (exact) mass is 310 g/mol. The van der Waals surface area contributed by atoms with Crippen LogP contribution in [0.4, 0.5) is 4.39 Å². The van der Waals surface area contributed by atoms with Crippen LogP contribution >= 0.6 is 15.9 Å². The van der Waals surface area contributed by atoms with E-state index in [9.17, 15) is 9.18 Å². The molecule has 0 heterocycles. The maximum absolute atomic E-state index is 13.4. The molecule has 0 aliphatic heterocycles. The Labute approximate surface area is 115 Å². The van der Waals surface area contributed by atoms with Gasteiger partial charge in [0.15, 0.2) is 5.78 Å². The van der Waals surface area contributed by atoms with Gasteiger partial charge < -0.3 is 0 Å². The number of rotatable bonds is 3. The molecular weight excluding hydrogens is 295 g/mol. The van der Waals surface area contributed by atoms with Crippen LogP contribution in [-0.2, 0) is 0 Å². The molecule has 3 unspecified atom stereocenters. The number of hydrogen-bond donors (Lipinski definition) is 0. The van der Waals surface area contributed by atoms with Crippen molar-refractivity contribution in [3.05, 3.63) is 34.1 Å². The number of Topliss-reactive ketones (excluding diaryl/α,β-unsaturated/α-hetero) is 1. The number of carbonyl (C=O) groups is 1. The highest BCUT2D eigenvalue weighted by atomic mass is 79.9. The molecule has 0 radical (unpaired) electrons. The average Bonchev–Trinajstić information content (AvgIpc) is 2.94. The number of fused-ring (bicyclic) bond motifs is 2. The van der Waals surface area contributed by atoms with Gasteiger partial charge in [0.25, 0.3) is 0 Å². The maximum Gasteiger partial charge on any atom is 0.164 e. The molecule has 3 heteroatoms. The fraction of sp³-hybridized carbons (Fsp3) is 0.533. The third-order valence-corrected chi connectivity index (χ3v) is 5.39. The van der Waals surface area contributed by atoms with E-state index in [4.69, 9.17) is 0 Å². The fourth-order valence-corrected chi connectivity index (χ4v) is 4.18. The number of carbonyl (C=O) groups excluding carboxylic acids is 1. The second-order valence-corrected chi connectivity index (χ2v) is 6.46. The van der Waals surface area contributed by atoms with Gasteiger partial charge in [0, 0.05) is 12.0 Å². The lowest BCUT2D eigenvalue weighted by atomic mass is 9.84. The molecule has 1 aromatic rings. The molecular formula is C15H16BrFO. The molecule has 3 atom stereocenters. The van der Waals surface area contributed by atoms with Gasteiger partial charge >= 0.3 is 0 Å². The second kappa shape index (κ2) is 4.76. The normalized spacial score (nSPS) is 29.8. The van der Waals surface area contributed by atoms with Crippen LogP contribution in [0.15, 0.2) is 22.7 Å². The largest absolute Gasteiger partial charge is 0.294 e. The zero-order valence-corrected chi connectivity index (χ0v) is 11.7. The van der Waals surface area contributed by atoms with E-state index in [2.05, 4.69) is 15.9 Å². The first-order valence-corrected chi connectivity index (χ1v) is 7.41. The summed E-state index contributed by atoms with van der Waals surface area (Å²) in [6.45, 7) is 0. The molecule has 0 N–H and O–H groups in total. The first-order chi connectivity index (χ1) is 8.65. The van der Waals surface area contributed by atoms with Crippen LogP contribution in [0.25, 0.3) is 0 Å². The van der Waals surface area contributed by atoms with E-state index in [-0.39, 0.29) is 11.6 Å². The molecule has 96 valence electrons. The van der Waals surface area contributed by atoms with Crippen LogP contribution in [0.3, 0.4) is 0 Å². The van der Waals surface area contributed by atoms with Gasteiger partial charge in [-0.15, -0.1) is 0 Å². The summed E-state index contributed by atoms with van der Waals surface area (Å²) in [5, 5.41) is 0. The predicted molar refractivity (Wildman–Crippen MR) is 72.0 cm³/mol. The van der Waals surface area contributed by atoms with Crippen molar-refractivity contribution in [3.63, 3.8) is 0 Å². The third kappa shape index (κ3) is 2.13. The summed E-state index contributed by atoms with van der Waals surface area (Å²) in [4.78, 5) is 12.3. The van der Waals surface area contributed by atoms with Crippen molar-refractivity contribution >= 4 is 21.7 Å². The van der Waals surface area contributed by atoms with Gasteiger partial charge in [-0.25, -0.2) is 4.39 Å². The van der Waals surface area contributed by atoms with E-state index in [0.717, 1.165) is 11.8 Å². The fourth-order valence-electron chi connectivity index (χ4n) is 3.69. The van der Waals surface area contributed by atoms with E-state index >= 15 is 0 Å². The van der Waals surface area contributed by atoms with Gasteiger partial charge in [0.05, 0.1) is 4.47 Å². The van der Waals surface area contributed by atoms with Crippen LogP contribution in [0.1, 0.15) is 42.5 Å². The lowest BCUT2D eigenvalue weighted by Gasteiger charge is -2.20. The van der Waals surface area contributed by atoms with Gasteiger partial charge in [0.2, 0.25) is 0 Å². The summed E-state index contributed by atoms with van der Waals surface area (Å²) in [5.41, 5.74) is 0.498. The molecule has 0 saturated heterocycles. The van der Waals surface area contributed by atoms with Crippen molar-refractivity contribution < 1.29 is 9.18 Å². The van der Waals surface area contributed by atoms with E-state index < -0.39 is 0 Å². The summed E-state index contributed by atoms with van der Waals surface area (Å²) in [6.07, 6.45) is 5.72. The van der Waals surface area contributed by atoms with Crippen LogP contribution < -0.4 is 0 Å². The Morgan fingerprint density at radius 2 is 2.17 bits per heavy atom. The molecule has 2 aliphatic carbocycles. The number of hydrogen-bond acceptors (Lipinski definition) is 1. The minimum Gasteiger partial charge on any atom is -0.294 e. The van der Waals surface area contributed by atoms with E-state index in [0.29, 0.717) is 22.4 Å². The van der Waals surface area contributed by atoms with Gasteiger partial charge in [0.1, 0.15) is 5.82 Å². The van der Waals surface area contributed by atoms with Crippen LogP contribution in [0, 0.1) is 23.6 Å². The quantitative estimate of drug-likeness (QED) is 0.746. The molecule has 1 aromatic carbocycles. The molecule has 0 aromatic heterocycles. The number of halogens is 2. The SMILES string of the molecule is O=C(CC1CC2CCC1C2)c1cccc(F)c1Br. The lowest BCUT2D eigenvalue weighted by molar-refractivity contribution is 0.0943. The molecule has 1 nitrogen and oxygen atoms in total. The third-order valence-electron chi connectivity index (χ3n) is 4.58. The maximum atomic E-state index is 13.4. The van der Waals surface area contributed by atoms with Crippen molar-refractivity contribution in [2.45, 2.75) is 32.1 Å². The Balaban J connectivity index is 1.73. The zero-order chi connectivity index (χ0) is 12.7. The zero-order valence-electron chi connectivity index (χ0n) is 10.2. The lowest BCUT2D eigenvalue weighted by Crippen LogP contribution is -2.15. The summed E-state index contributed by atoms with van der Waals surface area (Å²) < 4.78 is 13.7. The topological polar surface area (TPSA) is 17.1 Å². The van der Waals surface area contributed by atoms with Crippen molar-refractivity contribution in [1.29, 1.82) is 0 Å². The molecule has 0 amide bonds. The van der Waals surface area contributed by atoms with Crippen LogP contribution in [0.5, 0.6) is 0 Å². The highest BCUT2D eigenvalue weighted by molar-refractivity contribution is 9.10. The summed E-state index contributed by atoms with van der Waals surface area (Å²) in [7, 11) is 0. The molecule has 2 saturated carbocycles. The van der Waals surface area contributed by atoms with Crippen LogP contribution in [0.2, 0.25) is 0 Å². The van der Waals surface area contributed by atoms with Crippen LogP contribution in [-0.4, -0.2) is 5.78 Å². The molecule has 2 bridgehead atoms. The van der Waals surface area contributed by atoms with E-state index in [1.807, 2.05) is 0 Å². The highest BCUT2D eigenvalue weighted by Gasteiger charge is 2.40. The first kappa shape index (κ1) is 12.3. The van der Waals surface area contributed by atoms with Crippen molar-refractivity contribution in [1.82, 2.24) is 0 Å². The average molecular weight is 311 g/mol. The molecule has 18 heavy (non-hydrogen) atoms. The van der Waals surface area contributed by atoms with Crippen molar-refractivity contribution in [2.75, 3.05) is 0 Å². The Bertz CT molecular complexity index is 485. The van der Waals surface area contributed by atoms with E-state index in [1.54, 1.807) is 12.1 Å². The predicted octanol–water partition coefficient (Wildman–Crippen LogP) is 4.60. The number of ketones is 1. The Kier molecular flexibility index (Phi) is 3.27. The van der Waals surface area contributed by atoms with E-state index in [1.165, 1.54) is 31.7 Å². The van der Waals surface area contributed by atoms with Gasteiger partial charge in [-0.05, 0) is 59.0 Å². The minimum absolute atomic E-state index is 0.0823. The Hall–Kier alpha value is -0.700. The highest BCUT2D eigenvalue weighted by Crippen LogP contribution is 2.49. The smallest absolute Gasteiger partial charge is 0.164 e. The Morgan fingerprint density at radius 1 is 1.33 bits per heavy atom. The standard InChI is InChI=1S/C15H16BrFO/c16-15-12(2-1-3-13(15)17)14(18)8-11-7-9-4-5-10(11)6-9/h1-3,9-11H,4-8H2. The Morgan fingerprint density at radius 3 is 2.83 bits per heavy atom. The molecule has 3 rings (SSSR count). The van der Waals surface area contributed by atoms with Crippen molar-refractivity contribution in [2.24, 2.45) is 17.8 Å². The second-order valence-electron chi connectivity index (χ2n) is 5.66. The first-order valence-electron chi connectivity index (χ1n) is 6.62. The van der Waals surface area contributed by atoms with Gasteiger partial charge in [-0.2, -0.15) is 0 Å². The van der Waals surface area contributed by atoms with Crippen molar-refractivity contribution in [3.8, 4) is 0 Å². The van der Waals surface area contributed by atoms with Gasteiger partial charge in [-0.3, -0.25) is 4.79 Å². The molecule has 2 aliphatic rings. The molecule has 2 fully saturated rings. The minimum atomic E-state index is -0.353. The molecule has 0 spiro atoms. The summed E-state index contributed by atoms with van der Waals surface area (Å²) in [6, 6.07) is 4.69.